The summed E-state index contributed by atoms with van der Waals surface area (Å²) < 4.78 is 0. The van der Waals surface area contributed by atoms with Crippen LogP contribution in [0.5, 0.6) is 0 Å². The van der Waals surface area contributed by atoms with Crippen molar-refractivity contribution >= 4 is 46.1 Å². The number of carbonyl (C=O) groups excluding carboxylic acids is 2. The van der Waals surface area contributed by atoms with E-state index < -0.39 is 17.1 Å². The molecule has 0 aromatic heterocycles. The van der Waals surface area contributed by atoms with E-state index in [0.29, 0.717) is 10.7 Å². The Kier molecular flexibility index (Phi) is 4.98. The minimum absolute atomic E-state index is 0.262. The number of rotatable bonds is 4. The van der Waals surface area contributed by atoms with Crippen LogP contribution in [0.4, 0.5) is 0 Å². The van der Waals surface area contributed by atoms with Crippen molar-refractivity contribution in [2.75, 3.05) is 0 Å². The van der Waals surface area contributed by atoms with E-state index in [2.05, 4.69) is 15.5 Å². The molecule has 1 aromatic rings. The Morgan fingerprint density at radius 1 is 1.48 bits per heavy atom. The number of hydrogen-bond donors (Lipinski definition) is 1. The normalized spacial score (nSPS) is 20.7. The van der Waals surface area contributed by atoms with Gasteiger partial charge in [-0.25, -0.2) is 0 Å². The maximum absolute atomic E-state index is 11.5. The first-order valence-corrected chi connectivity index (χ1v) is 7.27. The molecule has 8 heteroatoms. The first-order valence-electron chi connectivity index (χ1n) is 6.02. The summed E-state index contributed by atoms with van der Waals surface area (Å²) in [5, 5.41) is 21.0. The molecule has 0 saturated carbocycles. The van der Waals surface area contributed by atoms with Gasteiger partial charge in [0, 0.05) is 23.0 Å². The first kappa shape index (κ1) is 15.5. The number of carboxylic acid groups (broad SMARTS) is 1. The molecule has 0 aliphatic carbocycles. The number of benzene rings is 1. The van der Waals surface area contributed by atoms with Crippen molar-refractivity contribution in [1.29, 1.82) is 0 Å². The Morgan fingerprint density at radius 3 is 2.86 bits per heavy atom. The molecule has 1 saturated heterocycles. The van der Waals surface area contributed by atoms with Gasteiger partial charge in [0.25, 0.3) is 0 Å². The van der Waals surface area contributed by atoms with Gasteiger partial charge in [0.1, 0.15) is 0 Å². The van der Waals surface area contributed by atoms with Gasteiger partial charge in [0.15, 0.2) is 5.17 Å². The molecule has 110 valence electrons. The Balaban J connectivity index is 2.11. The lowest BCUT2D eigenvalue weighted by atomic mass is 10.1. The molecule has 1 aliphatic heterocycles. The van der Waals surface area contributed by atoms with Crippen LogP contribution in [0.3, 0.4) is 0 Å². The van der Waals surface area contributed by atoms with Crippen LogP contribution in [0.25, 0.3) is 0 Å². The quantitative estimate of drug-likeness (QED) is 0.654. The largest absolute Gasteiger partial charge is 0.550 e. The van der Waals surface area contributed by atoms with Gasteiger partial charge in [0.2, 0.25) is 5.91 Å². The Morgan fingerprint density at radius 2 is 2.19 bits per heavy atom. The van der Waals surface area contributed by atoms with Crippen molar-refractivity contribution in [2.45, 2.75) is 18.6 Å². The molecular formula is C13H11ClN3O3S-. The third-order valence-electron chi connectivity index (χ3n) is 2.68. The van der Waals surface area contributed by atoms with E-state index in [0.717, 1.165) is 17.3 Å². The summed E-state index contributed by atoms with van der Waals surface area (Å²) >= 11 is 7.06. The second kappa shape index (κ2) is 6.73. The minimum Gasteiger partial charge on any atom is -0.550 e. The molecule has 0 bridgehead atoms. The Bertz CT molecular complexity index is 645. The smallest absolute Gasteiger partial charge is 0.239 e. The lowest BCUT2D eigenvalue weighted by molar-refractivity contribution is -0.305. The fourth-order valence-corrected chi connectivity index (χ4v) is 2.84. The third kappa shape index (κ3) is 4.05. The van der Waals surface area contributed by atoms with E-state index in [4.69, 9.17) is 11.6 Å². The van der Waals surface area contributed by atoms with E-state index >= 15 is 0 Å². The molecule has 6 nitrogen and oxygen atoms in total. The molecule has 0 spiro atoms. The van der Waals surface area contributed by atoms with Crippen molar-refractivity contribution in [3.05, 3.63) is 34.9 Å². The first-order chi connectivity index (χ1) is 9.97. The summed E-state index contributed by atoms with van der Waals surface area (Å²) in [7, 11) is 0. The van der Waals surface area contributed by atoms with Gasteiger partial charge in [-0.3, -0.25) is 4.79 Å². The molecular weight excluding hydrogens is 314 g/mol. The standard InChI is InChI=1S/C13H12ClN3O3S/c1-7(8-4-2-3-5-9(8)14)16-17-13-15-12(20)10(21-13)6-11(18)19/h2-5,10H,6H2,1H3,(H,18,19)(H,15,17,20)/p-1/t10-/m0/s1. The summed E-state index contributed by atoms with van der Waals surface area (Å²) in [5.41, 5.74) is 1.33. The molecule has 1 fully saturated rings. The summed E-state index contributed by atoms with van der Waals surface area (Å²) in [6, 6.07) is 7.18. The summed E-state index contributed by atoms with van der Waals surface area (Å²) in [6.07, 6.45) is -0.358. The fraction of sp³-hybridized carbons (Fsp3) is 0.231. The number of thioether (sulfide) groups is 1. The third-order valence-corrected chi connectivity index (χ3v) is 4.08. The molecule has 1 heterocycles. The average molecular weight is 325 g/mol. The van der Waals surface area contributed by atoms with Crippen LogP contribution in [0.1, 0.15) is 18.9 Å². The Labute approximate surface area is 130 Å². The molecule has 0 radical (unpaired) electrons. The molecule has 1 atom stereocenters. The van der Waals surface area contributed by atoms with Crippen molar-refractivity contribution < 1.29 is 14.7 Å². The van der Waals surface area contributed by atoms with Crippen LogP contribution < -0.4 is 10.4 Å². The fourth-order valence-electron chi connectivity index (χ4n) is 1.67. The van der Waals surface area contributed by atoms with Gasteiger partial charge >= 0.3 is 0 Å². The van der Waals surface area contributed by atoms with Crippen LogP contribution in [0.15, 0.2) is 34.5 Å². The average Bonchev–Trinajstić information content (AvgIpc) is 2.76. The highest BCUT2D eigenvalue weighted by Gasteiger charge is 2.30. The molecule has 1 aromatic carbocycles. The molecule has 1 amide bonds. The summed E-state index contributed by atoms with van der Waals surface area (Å²) in [6.45, 7) is 1.74. The van der Waals surface area contributed by atoms with Gasteiger partial charge in [0.05, 0.1) is 11.0 Å². The van der Waals surface area contributed by atoms with E-state index in [9.17, 15) is 14.7 Å². The minimum atomic E-state index is -1.28. The highest BCUT2D eigenvalue weighted by molar-refractivity contribution is 8.15. The van der Waals surface area contributed by atoms with Crippen molar-refractivity contribution in [1.82, 2.24) is 5.32 Å². The van der Waals surface area contributed by atoms with Gasteiger partial charge in [-0.15, -0.1) is 5.10 Å². The number of amidine groups is 1. The van der Waals surface area contributed by atoms with E-state index in [1.54, 1.807) is 19.1 Å². The zero-order chi connectivity index (χ0) is 15.4. The number of amides is 1. The number of aliphatic carboxylic acids is 1. The van der Waals surface area contributed by atoms with E-state index in [-0.39, 0.29) is 11.6 Å². The van der Waals surface area contributed by atoms with Crippen LogP contribution >= 0.6 is 23.4 Å². The van der Waals surface area contributed by atoms with E-state index in [1.807, 2.05) is 12.1 Å². The molecule has 2 rings (SSSR count). The lowest BCUT2D eigenvalue weighted by Gasteiger charge is -2.04. The molecule has 1 N–H and O–H groups in total. The van der Waals surface area contributed by atoms with Crippen LogP contribution in [-0.4, -0.2) is 28.0 Å². The van der Waals surface area contributed by atoms with Crippen LogP contribution in [0, 0.1) is 0 Å². The number of hydrogen-bond acceptors (Lipinski definition) is 6. The predicted molar refractivity (Wildman–Crippen MR) is 80.2 cm³/mol. The van der Waals surface area contributed by atoms with Crippen molar-refractivity contribution in [3.8, 4) is 0 Å². The van der Waals surface area contributed by atoms with Crippen LogP contribution in [0.2, 0.25) is 5.02 Å². The maximum Gasteiger partial charge on any atom is 0.239 e. The second-order valence-electron chi connectivity index (χ2n) is 4.24. The second-order valence-corrected chi connectivity index (χ2v) is 5.84. The highest BCUT2D eigenvalue weighted by atomic mass is 35.5. The molecule has 1 aliphatic rings. The number of nitrogens with one attached hydrogen (secondary N) is 1. The molecule has 21 heavy (non-hydrogen) atoms. The van der Waals surface area contributed by atoms with Gasteiger partial charge in [-0.2, -0.15) is 5.10 Å². The number of carboxylic acids is 1. The summed E-state index contributed by atoms with van der Waals surface area (Å²) in [5.74, 6) is -1.69. The monoisotopic (exact) mass is 324 g/mol. The molecule has 0 unspecified atom stereocenters. The number of halogens is 1. The number of nitrogens with zero attached hydrogens (tertiary/aromatic N) is 2. The zero-order valence-corrected chi connectivity index (χ0v) is 12.6. The zero-order valence-electron chi connectivity index (χ0n) is 11.0. The maximum atomic E-state index is 11.5. The van der Waals surface area contributed by atoms with Crippen molar-refractivity contribution in [2.24, 2.45) is 10.2 Å². The van der Waals surface area contributed by atoms with Crippen molar-refractivity contribution in [3.63, 3.8) is 0 Å². The highest BCUT2D eigenvalue weighted by Crippen LogP contribution is 2.22. The lowest BCUT2D eigenvalue weighted by Crippen LogP contribution is -2.31. The topological polar surface area (TPSA) is 94.0 Å². The Hall–Kier alpha value is -1.86. The van der Waals surface area contributed by atoms with Gasteiger partial charge in [-0.1, -0.05) is 41.6 Å². The van der Waals surface area contributed by atoms with Crippen LogP contribution in [-0.2, 0) is 9.59 Å². The van der Waals surface area contributed by atoms with Gasteiger partial charge < -0.3 is 15.2 Å². The summed E-state index contributed by atoms with van der Waals surface area (Å²) in [4.78, 5) is 22.0. The van der Waals surface area contributed by atoms with Gasteiger partial charge in [-0.05, 0) is 13.0 Å². The van der Waals surface area contributed by atoms with E-state index in [1.165, 1.54) is 0 Å². The predicted octanol–water partition coefficient (Wildman–Crippen LogP) is 0.792. The SMILES string of the molecule is CC(=N/N=C1\NC(=O)[C@H](CC(=O)[O-])S1)c1ccccc1Cl. The number of carbonyl (C=O) groups is 2.